The van der Waals surface area contributed by atoms with Crippen molar-refractivity contribution in [3.8, 4) is 0 Å². The first-order valence-electron chi connectivity index (χ1n) is 5.61. The van der Waals surface area contributed by atoms with E-state index in [0.29, 0.717) is 17.7 Å². The van der Waals surface area contributed by atoms with Gasteiger partial charge in [0, 0.05) is 31.6 Å². The molecule has 0 aromatic heterocycles. The first-order chi connectivity index (χ1) is 6.75. The average molecular weight is 197 g/mol. The third-order valence-electron chi connectivity index (χ3n) is 3.46. The van der Waals surface area contributed by atoms with E-state index in [9.17, 15) is 4.79 Å². The fraction of sp³-hybridized carbons (Fsp3) is 0.909. The number of carbonyl (C=O) groups excluding carboxylic acids is 1. The molecule has 0 unspecified atom stereocenters. The van der Waals surface area contributed by atoms with Crippen LogP contribution in [0.3, 0.4) is 0 Å². The molecule has 1 saturated carbocycles. The van der Waals surface area contributed by atoms with Gasteiger partial charge in [-0.1, -0.05) is 0 Å². The van der Waals surface area contributed by atoms with Gasteiger partial charge >= 0.3 is 0 Å². The molecular formula is C11H19NO2. The lowest BCUT2D eigenvalue weighted by Crippen LogP contribution is -2.41. The zero-order chi connectivity index (χ0) is 9.97. The third-order valence-corrected chi connectivity index (χ3v) is 3.46. The van der Waals surface area contributed by atoms with Gasteiger partial charge in [-0.05, 0) is 31.6 Å². The van der Waals surface area contributed by atoms with E-state index in [2.05, 4.69) is 0 Å². The van der Waals surface area contributed by atoms with E-state index >= 15 is 0 Å². The fourth-order valence-corrected chi connectivity index (χ4v) is 2.33. The summed E-state index contributed by atoms with van der Waals surface area (Å²) in [5.41, 5.74) is 5.67. The lowest BCUT2D eigenvalue weighted by Gasteiger charge is -2.32. The van der Waals surface area contributed by atoms with Crippen molar-refractivity contribution in [3.63, 3.8) is 0 Å². The van der Waals surface area contributed by atoms with Crippen molar-refractivity contribution in [2.75, 3.05) is 13.2 Å². The summed E-state index contributed by atoms with van der Waals surface area (Å²) in [6.45, 7) is 1.67. The Morgan fingerprint density at radius 1 is 1.29 bits per heavy atom. The van der Waals surface area contributed by atoms with Crippen LogP contribution in [0.5, 0.6) is 0 Å². The van der Waals surface area contributed by atoms with Crippen LogP contribution in [0.1, 0.15) is 32.1 Å². The van der Waals surface area contributed by atoms with Crippen LogP contribution in [-0.4, -0.2) is 25.0 Å². The molecule has 0 spiro atoms. The number of ketones is 1. The monoisotopic (exact) mass is 197 g/mol. The molecular weight excluding hydrogens is 178 g/mol. The van der Waals surface area contributed by atoms with Crippen molar-refractivity contribution >= 4 is 5.78 Å². The lowest BCUT2D eigenvalue weighted by atomic mass is 9.75. The molecule has 0 radical (unpaired) electrons. The van der Waals surface area contributed by atoms with Crippen LogP contribution in [0.15, 0.2) is 0 Å². The minimum absolute atomic E-state index is 0.285. The SMILES string of the molecule is NC1CC(C(=O)CC2CCOCC2)C1. The number of hydrogen-bond donors (Lipinski definition) is 1. The highest BCUT2D eigenvalue weighted by atomic mass is 16.5. The Balaban J connectivity index is 1.71. The first kappa shape index (κ1) is 10.1. The number of carbonyl (C=O) groups is 1. The lowest BCUT2D eigenvalue weighted by molar-refractivity contribution is -0.127. The molecule has 80 valence electrons. The highest BCUT2D eigenvalue weighted by Crippen LogP contribution is 2.30. The van der Waals surface area contributed by atoms with Gasteiger partial charge in [-0.3, -0.25) is 4.79 Å². The summed E-state index contributed by atoms with van der Waals surface area (Å²) in [6, 6.07) is 0.290. The summed E-state index contributed by atoms with van der Waals surface area (Å²) in [6.07, 6.45) is 4.72. The van der Waals surface area contributed by atoms with Crippen LogP contribution in [0.25, 0.3) is 0 Å². The van der Waals surface area contributed by atoms with E-state index in [1.54, 1.807) is 0 Å². The fourth-order valence-electron chi connectivity index (χ4n) is 2.33. The smallest absolute Gasteiger partial charge is 0.136 e. The van der Waals surface area contributed by atoms with Gasteiger partial charge in [-0.15, -0.1) is 0 Å². The largest absolute Gasteiger partial charge is 0.381 e. The topological polar surface area (TPSA) is 52.3 Å². The van der Waals surface area contributed by atoms with Crippen LogP contribution in [0.4, 0.5) is 0 Å². The Labute approximate surface area is 85.0 Å². The number of rotatable bonds is 3. The standard InChI is InChI=1S/C11H19NO2/c12-10-6-9(7-10)11(13)5-8-1-3-14-4-2-8/h8-10H,1-7,12H2. The number of ether oxygens (including phenoxy) is 1. The maximum Gasteiger partial charge on any atom is 0.136 e. The van der Waals surface area contributed by atoms with Gasteiger partial charge < -0.3 is 10.5 Å². The molecule has 1 saturated heterocycles. The molecule has 2 N–H and O–H groups in total. The van der Waals surface area contributed by atoms with Crippen LogP contribution in [0, 0.1) is 11.8 Å². The van der Waals surface area contributed by atoms with Crippen molar-refractivity contribution in [3.05, 3.63) is 0 Å². The van der Waals surface area contributed by atoms with E-state index in [-0.39, 0.29) is 5.92 Å². The molecule has 14 heavy (non-hydrogen) atoms. The van der Waals surface area contributed by atoms with Crippen molar-refractivity contribution in [1.82, 2.24) is 0 Å². The second kappa shape index (κ2) is 4.41. The third kappa shape index (κ3) is 2.34. The van der Waals surface area contributed by atoms with Gasteiger partial charge in [0.25, 0.3) is 0 Å². The Kier molecular flexibility index (Phi) is 3.19. The summed E-state index contributed by atoms with van der Waals surface area (Å²) >= 11 is 0. The van der Waals surface area contributed by atoms with Crippen molar-refractivity contribution in [1.29, 1.82) is 0 Å². The highest BCUT2D eigenvalue weighted by Gasteiger charge is 2.32. The van der Waals surface area contributed by atoms with E-state index in [4.69, 9.17) is 10.5 Å². The van der Waals surface area contributed by atoms with Gasteiger partial charge in [-0.25, -0.2) is 0 Å². The Bertz CT molecular complexity index is 205. The molecule has 2 aliphatic rings. The average Bonchev–Trinajstić information content (AvgIpc) is 2.14. The summed E-state index contributed by atoms with van der Waals surface area (Å²) in [5.74, 6) is 1.31. The number of Topliss-reactive ketones (excluding diaryl/α,β-unsaturated/α-hetero) is 1. The number of nitrogens with two attached hydrogens (primary N) is 1. The van der Waals surface area contributed by atoms with Crippen LogP contribution in [-0.2, 0) is 9.53 Å². The molecule has 3 nitrogen and oxygen atoms in total. The van der Waals surface area contributed by atoms with Gasteiger partial charge in [0.05, 0.1) is 0 Å². The zero-order valence-electron chi connectivity index (χ0n) is 8.58. The maximum atomic E-state index is 11.7. The van der Waals surface area contributed by atoms with Crippen molar-refractivity contribution in [2.24, 2.45) is 17.6 Å². The van der Waals surface area contributed by atoms with Gasteiger partial charge in [0.2, 0.25) is 0 Å². The molecule has 0 atom stereocenters. The van der Waals surface area contributed by atoms with E-state index in [1.165, 1.54) is 0 Å². The summed E-state index contributed by atoms with van der Waals surface area (Å²) in [7, 11) is 0. The second-order valence-electron chi connectivity index (χ2n) is 4.65. The number of hydrogen-bond acceptors (Lipinski definition) is 3. The first-order valence-corrected chi connectivity index (χ1v) is 5.61. The Morgan fingerprint density at radius 3 is 2.50 bits per heavy atom. The molecule has 2 fully saturated rings. The van der Waals surface area contributed by atoms with Gasteiger partial charge in [-0.2, -0.15) is 0 Å². The highest BCUT2D eigenvalue weighted by molar-refractivity contribution is 5.82. The molecule has 0 aromatic carbocycles. The van der Waals surface area contributed by atoms with Gasteiger partial charge in [0.15, 0.2) is 0 Å². The summed E-state index contributed by atoms with van der Waals surface area (Å²) in [5, 5.41) is 0. The normalized spacial score (nSPS) is 33.8. The Morgan fingerprint density at radius 2 is 1.93 bits per heavy atom. The zero-order valence-corrected chi connectivity index (χ0v) is 8.58. The quantitative estimate of drug-likeness (QED) is 0.737. The van der Waals surface area contributed by atoms with Crippen LogP contribution >= 0.6 is 0 Å². The predicted octanol–water partition coefficient (Wildman–Crippen LogP) is 1.11. The molecule has 2 rings (SSSR count). The van der Waals surface area contributed by atoms with Gasteiger partial charge in [0.1, 0.15) is 5.78 Å². The second-order valence-corrected chi connectivity index (χ2v) is 4.65. The minimum Gasteiger partial charge on any atom is -0.381 e. The molecule has 1 aliphatic heterocycles. The molecule has 0 bridgehead atoms. The molecule has 0 amide bonds. The van der Waals surface area contributed by atoms with Crippen molar-refractivity contribution < 1.29 is 9.53 Å². The van der Waals surface area contributed by atoms with E-state index < -0.39 is 0 Å². The van der Waals surface area contributed by atoms with E-state index in [1.807, 2.05) is 0 Å². The summed E-state index contributed by atoms with van der Waals surface area (Å²) in [4.78, 5) is 11.7. The molecule has 1 heterocycles. The Hall–Kier alpha value is -0.410. The van der Waals surface area contributed by atoms with Crippen molar-refractivity contribution in [2.45, 2.75) is 38.1 Å². The molecule has 1 aliphatic carbocycles. The summed E-state index contributed by atoms with van der Waals surface area (Å²) < 4.78 is 5.27. The minimum atomic E-state index is 0.285. The molecule has 0 aromatic rings. The van der Waals surface area contributed by atoms with Crippen LogP contribution < -0.4 is 5.73 Å². The van der Waals surface area contributed by atoms with E-state index in [0.717, 1.165) is 45.3 Å². The maximum absolute atomic E-state index is 11.7. The predicted molar refractivity (Wildman–Crippen MR) is 53.9 cm³/mol. The molecule has 3 heteroatoms. The van der Waals surface area contributed by atoms with Crippen LogP contribution in [0.2, 0.25) is 0 Å².